The van der Waals surface area contributed by atoms with Gasteiger partial charge in [0.1, 0.15) is 11.6 Å². The number of carbonyl (C=O) groups excluding carboxylic acids is 2. The van der Waals surface area contributed by atoms with E-state index in [9.17, 15) is 14.0 Å². The predicted molar refractivity (Wildman–Crippen MR) is 121 cm³/mol. The van der Waals surface area contributed by atoms with Crippen molar-refractivity contribution in [1.82, 2.24) is 15.2 Å². The minimum Gasteiger partial charge on any atom is -0.454 e. The molecule has 2 amide bonds. The first-order chi connectivity index (χ1) is 16.0. The van der Waals surface area contributed by atoms with E-state index in [-0.39, 0.29) is 11.7 Å². The van der Waals surface area contributed by atoms with Crippen LogP contribution >= 0.6 is 0 Å². The molecule has 2 aromatic carbocycles. The predicted octanol–water partition coefficient (Wildman–Crippen LogP) is 4.07. The van der Waals surface area contributed by atoms with Gasteiger partial charge in [-0.25, -0.2) is 9.82 Å². The van der Waals surface area contributed by atoms with Crippen molar-refractivity contribution >= 4 is 23.2 Å². The summed E-state index contributed by atoms with van der Waals surface area (Å²) >= 11 is 0. The van der Waals surface area contributed by atoms with Gasteiger partial charge in [-0.15, -0.1) is 0 Å². The molecule has 2 aromatic heterocycles. The molecule has 0 bridgehead atoms. The van der Waals surface area contributed by atoms with E-state index < -0.39 is 11.7 Å². The van der Waals surface area contributed by atoms with E-state index >= 15 is 0 Å². The molecule has 0 spiro atoms. The summed E-state index contributed by atoms with van der Waals surface area (Å²) in [7, 11) is 0. The number of amides is 2. The number of hydrogen-bond donors (Lipinski definition) is 2. The highest BCUT2D eigenvalue weighted by Crippen LogP contribution is 2.14. The molecule has 0 unspecified atom stereocenters. The minimum atomic E-state index is -0.484. The molecule has 9 heteroatoms. The maximum absolute atomic E-state index is 13.0. The molecule has 33 heavy (non-hydrogen) atoms. The van der Waals surface area contributed by atoms with Gasteiger partial charge in [-0.3, -0.25) is 14.3 Å². The smallest absolute Gasteiger partial charge is 0.307 e. The first-order valence-corrected chi connectivity index (χ1v) is 10.1. The number of anilines is 1. The van der Waals surface area contributed by atoms with Gasteiger partial charge < -0.3 is 9.73 Å². The number of rotatable bonds is 7. The molecule has 8 nitrogen and oxygen atoms in total. The van der Waals surface area contributed by atoms with Crippen molar-refractivity contribution in [3.8, 4) is 0 Å². The monoisotopic (exact) mass is 445 g/mol. The molecule has 0 radical (unpaired) electrons. The Hall–Kier alpha value is -4.53. The average Bonchev–Trinajstić information content (AvgIpc) is 3.50. The van der Waals surface area contributed by atoms with E-state index in [1.54, 1.807) is 66.5 Å². The second-order valence-electron chi connectivity index (χ2n) is 7.15. The highest BCUT2D eigenvalue weighted by atomic mass is 19.1. The minimum absolute atomic E-state index is 0.133. The summed E-state index contributed by atoms with van der Waals surface area (Å²) in [4.78, 5) is 24.7. The van der Waals surface area contributed by atoms with Crippen LogP contribution in [0.3, 0.4) is 0 Å². The summed E-state index contributed by atoms with van der Waals surface area (Å²) in [5.41, 5.74) is 4.58. The van der Waals surface area contributed by atoms with Crippen LogP contribution in [-0.4, -0.2) is 27.3 Å². The van der Waals surface area contributed by atoms with E-state index in [0.717, 1.165) is 0 Å². The Morgan fingerprint density at radius 2 is 1.85 bits per heavy atom. The molecule has 2 heterocycles. The maximum Gasteiger partial charge on any atom is 0.307 e. The van der Waals surface area contributed by atoms with Crippen LogP contribution < -0.4 is 10.7 Å². The van der Waals surface area contributed by atoms with Crippen molar-refractivity contribution in [2.75, 3.05) is 5.32 Å². The maximum atomic E-state index is 13.0. The number of hydrogen-bond acceptors (Lipinski definition) is 5. The Labute approximate surface area is 188 Å². The number of furan rings is 1. The largest absolute Gasteiger partial charge is 0.454 e. The van der Waals surface area contributed by atoms with Gasteiger partial charge in [-0.1, -0.05) is 12.1 Å². The van der Waals surface area contributed by atoms with Crippen LogP contribution in [0.15, 0.2) is 88.6 Å². The van der Waals surface area contributed by atoms with E-state index in [2.05, 4.69) is 20.9 Å². The fourth-order valence-electron chi connectivity index (χ4n) is 3.02. The molecule has 166 valence electrons. The van der Waals surface area contributed by atoms with Crippen molar-refractivity contribution in [1.29, 1.82) is 0 Å². The Kier molecular flexibility index (Phi) is 6.40. The fraction of sp³-hybridized carbons (Fsp3) is 0.0833. The fourth-order valence-corrected chi connectivity index (χ4v) is 3.02. The molecule has 0 aliphatic carbocycles. The van der Waals surface area contributed by atoms with E-state index in [1.165, 1.54) is 24.3 Å². The summed E-state index contributed by atoms with van der Waals surface area (Å²) in [5, 5.41) is 11.0. The second kappa shape index (κ2) is 9.73. The zero-order chi connectivity index (χ0) is 23.2. The lowest BCUT2D eigenvalue weighted by Crippen LogP contribution is -2.19. The Balaban J connectivity index is 1.38. The third kappa shape index (κ3) is 5.59. The van der Waals surface area contributed by atoms with Crippen LogP contribution in [0.2, 0.25) is 0 Å². The number of nitrogens with zero attached hydrogens (tertiary/aromatic N) is 3. The topological polar surface area (TPSA) is 102 Å². The van der Waals surface area contributed by atoms with Gasteiger partial charge in [-0.05, 0) is 67.1 Å². The first kappa shape index (κ1) is 21.7. The molecule has 4 aromatic rings. The second-order valence-corrected chi connectivity index (χ2v) is 7.15. The number of halogens is 1. The Bertz CT molecular complexity index is 1290. The molecule has 0 saturated carbocycles. The van der Waals surface area contributed by atoms with Gasteiger partial charge >= 0.3 is 5.91 Å². The van der Waals surface area contributed by atoms with Gasteiger partial charge in [0.15, 0.2) is 5.76 Å². The van der Waals surface area contributed by atoms with Crippen LogP contribution in [-0.2, 0) is 6.54 Å². The quantitative estimate of drug-likeness (QED) is 0.331. The van der Waals surface area contributed by atoms with Crippen molar-refractivity contribution in [2.45, 2.75) is 13.5 Å². The average molecular weight is 445 g/mol. The first-order valence-electron chi connectivity index (χ1n) is 10.1. The molecule has 0 saturated heterocycles. The van der Waals surface area contributed by atoms with Crippen molar-refractivity contribution in [3.63, 3.8) is 0 Å². The third-order valence-corrected chi connectivity index (χ3v) is 4.73. The van der Waals surface area contributed by atoms with E-state index in [0.29, 0.717) is 34.8 Å². The van der Waals surface area contributed by atoms with Gasteiger partial charge in [0.2, 0.25) is 0 Å². The lowest BCUT2D eigenvalue weighted by atomic mass is 10.1. The normalized spacial score (nSPS) is 11.3. The standard InChI is InChI=1S/C24H20FN5O3/c1-16(28-29-24(32)22-11-10-21(33-22)15-30-13-3-12-26-30)18-4-2-5-20(14-18)27-23(31)17-6-8-19(25)9-7-17/h2-14H,15H2,1H3,(H,27,31)(H,29,32)/b28-16-. The molecular weight excluding hydrogens is 425 g/mol. The summed E-state index contributed by atoms with van der Waals surface area (Å²) < 4.78 is 20.3. The number of nitrogens with one attached hydrogen (secondary N) is 2. The van der Waals surface area contributed by atoms with Gasteiger partial charge in [-0.2, -0.15) is 10.2 Å². The third-order valence-electron chi connectivity index (χ3n) is 4.73. The number of carbonyl (C=O) groups is 2. The highest BCUT2D eigenvalue weighted by Gasteiger charge is 2.12. The Morgan fingerprint density at radius 1 is 1.03 bits per heavy atom. The lowest BCUT2D eigenvalue weighted by Gasteiger charge is -2.08. The number of hydrazone groups is 1. The van der Waals surface area contributed by atoms with Crippen LogP contribution in [0.5, 0.6) is 0 Å². The van der Waals surface area contributed by atoms with Crippen LogP contribution in [0.25, 0.3) is 0 Å². The molecule has 0 fully saturated rings. The number of benzene rings is 2. The van der Waals surface area contributed by atoms with Gasteiger partial charge in [0, 0.05) is 23.6 Å². The summed E-state index contributed by atoms with van der Waals surface area (Å²) in [5.74, 6) is -0.533. The Morgan fingerprint density at radius 3 is 2.61 bits per heavy atom. The molecule has 0 atom stereocenters. The van der Waals surface area contributed by atoms with Crippen molar-refractivity contribution < 1.29 is 18.4 Å². The van der Waals surface area contributed by atoms with E-state index in [4.69, 9.17) is 4.42 Å². The van der Waals surface area contributed by atoms with Gasteiger partial charge in [0.25, 0.3) is 5.91 Å². The number of aromatic nitrogens is 2. The van der Waals surface area contributed by atoms with Crippen LogP contribution in [0.1, 0.15) is 39.2 Å². The van der Waals surface area contributed by atoms with Gasteiger partial charge in [0.05, 0.1) is 12.3 Å². The van der Waals surface area contributed by atoms with Crippen LogP contribution in [0.4, 0.5) is 10.1 Å². The summed E-state index contributed by atoms with van der Waals surface area (Å²) in [6.07, 6.45) is 3.46. The van der Waals surface area contributed by atoms with Crippen LogP contribution in [0, 0.1) is 5.82 Å². The zero-order valence-electron chi connectivity index (χ0n) is 17.7. The van der Waals surface area contributed by atoms with Crippen molar-refractivity contribution in [3.05, 3.63) is 108 Å². The molecule has 0 aliphatic heterocycles. The lowest BCUT2D eigenvalue weighted by molar-refractivity contribution is 0.0924. The highest BCUT2D eigenvalue weighted by molar-refractivity contribution is 6.06. The summed E-state index contributed by atoms with van der Waals surface area (Å²) in [6, 6.07) is 17.4. The molecule has 2 N–H and O–H groups in total. The molecule has 0 aliphatic rings. The van der Waals surface area contributed by atoms with E-state index in [1.807, 2.05) is 0 Å². The van der Waals surface area contributed by atoms with Crippen molar-refractivity contribution in [2.24, 2.45) is 5.10 Å². The molecular formula is C24H20FN5O3. The summed E-state index contributed by atoms with van der Waals surface area (Å²) in [6.45, 7) is 2.14. The zero-order valence-corrected chi connectivity index (χ0v) is 17.7. The molecule has 4 rings (SSSR count). The SMILES string of the molecule is C/C(=N/NC(=O)c1ccc(Cn2cccn2)o1)c1cccc(NC(=O)c2ccc(F)cc2)c1.